The summed E-state index contributed by atoms with van der Waals surface area (Å²) in [6, 6.07) is 17.3. The van der Waals surface area contributed by atoms with Gasteiger partial charge in [-0.05, 0) is 36.8 Å². The van der Waals surface area contributed by atoms with Crippen LogP contribution in [0.25, 0.3) is 5.69 Å². The van der Waals surface area contributed by atoms with Crippen LogP contribution in [-0.4, -0.2) is 62.1 Å². The van der Waals surface area contributed by atoms with Crippen molar-refractivity contribution >= 4 is 11.7 Å². The van der Waals surface area contributed by atoms with Crippen molar-refractivity contribution in [3.05, 3.63) is 71.4 Å². The summed E-state index contributed by atoms with van der Waals surface area (Å²) in [5, 5.41) is 4.90. The summed E-state index contributed by atoms with van der Waals surface area (Å²) < 4.78 is 12.6. The number of benzene rings is 2. The molecule has 0 spiro atoms. The van der Waals surface area contributed by atoms with Gasteiger partial charge in [-0.1, -0.05) is 31.2 Å². The fourth-order valence-electron chi connectivity index (χ4n) is 3.72. The van der Waals surface area contributed by atoms with Crippen molar-refractivity contribution in [2.45, 2.75) is 19.9 Å². The third-order valence-corrected chi connectivity index (χ3v) is 5.32. The molecule has 2 aromatic carbocycles. The number of aromatic nitrogens is 2. The van der Waals surface area contributed by atoms with Crippen molar-refractivity contribution < 1.29 is 14.3 Å². The lowest BCUT2D eigenvalue weighted by Gasteiger charge is -2.25. The standard InChI is InChI=1S/C25H32N4O3/c1-6-23-22(24(27(2)3)29(26-23)20-12-8-7-9-13-20)18-28(15-16-31-4)25(30)19-11-10-14-21(17-19)32-5/h7-14,17H,6,15-16,18H2,1-5H3. The Morgan fingerprint density at radius 3 is 2.44 bits per heavy atom. The molecule has 0 unspecified atom stereocenters. The van der Waals surface area contributed by atoms with Crippen LogP contribution in [0, 0.1) is 0 Å². The molecule has 0 saturated carbocycles. The van der Waals surface area contributed by atoms with Gasteiger partial charge in [0.05, 0.1) is 31.6 Å². The molecular weight excluding hydrogens is 404 g/mol. The molecule has 7 nitrogen and oxygen atoms in total. The second kappa shape index (κ2) is 10.8. The summed E-state index contributed by atoms with van der Waals surface area (Å²) >= 11 is 0. The maximum absolute atomic E-state index is 13.5. The monoisotopic (exact) mass is 436 g/mol. The molecule has 0 N–H and O–H groups in total. The number of rotatable bonds is 10. The topological polar surface area (TPSA) is 59.8 Å². The van der Waals surface area contributed by atoms with Crippen molar-refractivity contribution in [3.63, 3.8) is 0 Å². The number of carbonyl (C=O) groups is 1. The van der Waals surface area contributed by atoms with E-state index in [1.807, 2.05) is 72.2 Å². The predicted octanol–water partition coefficient (Wildman–Crippen LogP) is 3.80. The maximum atomic E-state index is 13.5. The third-order valence-electron chi connectivity index (χ3n) is 5.32. The van der Waals surface area contributed by atoms with Gasteiger partial charge in [-0.3, -0.25) is 4.79 Å². The normalized spacial score (nSPS) is 10.8. The molecule has 0 aliphatic heterocycles. The highest BCUT2D eigenvalue weighted by molar-refractivity contribution is 5.94. The summed E-state index contributed by atoms with van der Waals surface area (Å²) in [7, 11) is 7.25. The van der Waals surface area contributed by atoms with Gasteiger partial charge >= 0.3 is 0 Å². The quantitative estimate of drug-likeness (QED) is 0.484. The van der Waals surface area contributed by atoms with Gasteiger partial charge < -0.3 is 19.3 Å². The Hall–Kier alpha value is -3.32. The molecule has 1 amide bonds. The molecule has 0 radical (unpaired) electrons. The Morgan fingerprint density at radius 2 is 1.81 bits per heavy atom. The van der Waals surface area contributed by atoms with Crippen LogP contribution in [0.2, 0.25) is 0 Å². The lowest BCUT2D eigenvalue weighted by Crippen LogP contribution is -2.34. The van der Waals surface area contributed by atoms with E-state index in [4.69, 9.17) is 14.6 Å². The van der Waals surface area contributed by atoms with E-state index in [-0.39, 0.29) is 5.91 Å². The molecule has 0 atom stereocenters. The number of amides is 1. The molecule has 32 heavy (non-hydrogen) atoms. The van der Waals surface area contributed by atoms with E-state index in [0.29, 0.717) is 31.0 Å². The molecular formula is C25H32N4O3. The van der Waals surface area contributed by atoms with E-state index in [1.165, 1.54) is 0 Å². The third kappa shape index (κ3) is 5.11. The Kier molecular flexibility index (Phi) is 7.89. The zero-order valence-corrected chi connectivity index (χ0v) is 19.5. The molecule has 1 aromatic heterocycles. The number of methoxy groups -OCH3 is 2. The van der Waals surface area contributed by atoms with E-state index in [0.717, 1.165) is 29.2 Å². The molecule has 1 heterocycles. The van der Waals surface area contributed by atoms with Crippen LogP contribution in [0.4, 0.5) is 5.82 Å². The van der Waals surface area contributed by atoms with Gasteiger partial charge in [0.15, 0.2) is 0 Å². The van der Waals surface area contributed by atoms with Gasteiger partial charge in [0.1, 0.15) is 11.6 Å². The molecule has 0 aliphatic carbocycles. The number of aryl methyl sites for hydroxylation is 1. The summed E-state index contributed by atoms with van der Waals surface area (Å²) in [5.74, 6) is 1.55. The predicted molar refractivity (Wildman–Crippen MR) is 127 cm³/mol. The largest absolute Gasteiger partial charge is 0.497 e. The van der Waals surface area contributed by atoms with Crippen molar-refractivity contribution in [2.75, 3.05) is 46.4 Å². The van der Waals surface area contributed by atoms with Crippen molar-refractivity contribution in [2.24, 2.45) is 0 Å². The number of carbonyl (C=O) groups excluding carboxylic acids is 1. The van der Waals surface area contributed by atoms with E-state index in [2.05, 4.69) is 11.8 Å². The molecule has 3 rings (SSSR count). The number of para-hydroxylation sites is 1. The Labute approximate surface area is 190 Å². The summed E-state index contributed by atoms with van der Waals surface area (Å²) in [6.07, 6.45) is 0.765. The number of ether oxygens (including phenoxy) is 2. The number of hydrogen-bond donors (Lipinski definition) is 0. The number of hydrogen-bond acceptors (Lipinski definition) is 5. The highest BCUT2D eigenvalue weighted by atomic mass is 16.5. The highest BCUT2D eigenvalue weighted by Gasteiger charge is 2.24. The molecule has 0 bridgehead atoms. The second-order valence-corrected chi connectivity index (χ2v) is 7.70. The molecule has 0 saturated heterocycles. The van der Waals surface area contributed by atoms with E-state index in [9.17, 15) is 4.79 Å². The van der Waals surface area contributed by atoms with Gasteiger partial charge in [0, 0.05) is 38.9 Å². The van der Waals surface area contributed by atoms with E-state index >= 15 is 0 Å². The molecule has 7 heteroatoms. The van der Waals surface area contributed by atoms with Gasteiger partial charge in [-0.15, -0.1) is 0 Å². The van der Waals surface area contributed by atoms with Crippen LogP contribution in [-0.2, 0) is 17.7 Å². The van der Waals surface area contributed by atoms with Crippen LogP contribution in [0.3, 0.4) is 0 Å². The minimum atomic E-state index is -0.0693. The molecule has 3 aromatic rings. The summed E-state index contributed by atoms with van der Waals surface area (Å²) in [4.78, 5) is 17.3. The Morgan fingerprint density at radius 1 is 1.06 bits per heavy atom. The first-order valence-electron chi connectivity index (χ1n) is 10.8. The fourth-order valence-corrected chi connectivity index (χ4v) is 3.72. The fraction of sp³-hybridized carbons (Fsp3) is 0.360. The molecule has 0 fully saturated rings. The van der Waals surface area contributed by atoms with E-state index < -0.39 is 0 Å². The van der Waals surface area contributed by atoms with Crippen LogP contribution in [0.15, 0.2) is 54.6 Å². The zero-order chi connectivity index (χ0) is 23.1. The van der Waals surface area contributed by atoms with Crippen molar-refractivity contribution in [1.82, 2.24) is 14.7 Å². The van der Waals surface area contributed by atoms with Crippen molar-refractivity contribution in [3.8, 4) is 11.4 Å². The first kappa shape index (κ1) is 23.3. The lowest BCUT2D eigenvalue weighted by molar-refractivity contribution is 0.0680. The van der Waals surface area contributed by atoms with Crippen LogP contribution in [0.5, 0.6) is 5.75 Å². The summed E-state index contributed by atoms with van der Waals surface area (Å²) in [6.45, 7) is 3.44. The summed E-state index contributed by atoms with van der Waals surface area (Å²) in [5.41, 5.74) is 3.58. The minimum Gasteiger partial charge on any atom is -0.497 e. The lowest BCUT2D eigenvalue weighted by atomic mass is 10.1. The zero-order valence-electron chi connectivity index (χ0n) is 19.5. The number of anilines is 1. The van der Waals surface area contributed by atoms with Crippen LogP contribution in [0.1, 0.15) is 28.5 Å². The highest BCUT2D eigenvalue weighted by Crippen LogP contribution is 2.29. The average Bonchev–Trinajstić information content (AvgIpc) is 3.20. The maximum Gasteiger partial charge on any atom is 0.254 e. The van der Waals surface area contributed by atoms with E-state index in [1.54, 1.807) is 20.3 Å². The minimum absolute atomic E-state index is 0.0693. The number of nitrogens with zero attached hydrogens (tertiary/aromatic N) is 4. The Balaban J connectivity index is 2.03. The second-order valence-electron chi connectivity index (χ2n) is 7.70. The van der Waals surface area contributed by atoms with Crippen LogP contribution < -0.4 is 9.64 Å². The SMILES string of the molecule is CCc1nn(-c2ccccc2)c(N(C)C)c1CN(CCOC)C(=O)c1cccc(OC)c1. The van der Waals surface area contributed by atoms with Gasteiger partial charge in [-0.25, -0.2) is 4.68 Å². The average molecular weight is 437 g/mol. The molecule has 0 aliphatic rings. The van der Waals surface area contributed by atoms with Crippen molar-refractivity contribution in [1.29, 1.82) is 0 Å². The van der Waals surface area contributed by atoms with Gasteiger partial charge in [0.2, 0.25) is 0 Å². The van der Waals surface area contributed by atoms with Gasteiger partial charge in [0.25, 0.3) is 5.91 Å². The first-order valence-corrected chi connectivity index (χ1v) is 10.8. The Bertz CT molecular complexity index is 1030. The van der Waals surface area contributed by atoms with Crippen LogP contribution >= 0.6 is 0 Å². The first-order chi connectivity index (χ1) is 15.5. The smallest absolute Gasteiger partial charge is 0.254 e. The molecule has 170 valence electrons. The van der Waals surface area contributed by atoms with Gasteiger partial charge in [-0.2, -0.15) is 5.10 Å².